The summed E-state index contributed by atoms with van der Waals surface area (Å²) in [5.41, 5.74) is 4.34. The van der Waals surface area contributed by atoms with Crippen molar-refractivity contribution in [2.24, 2.45) is 7.05 Å². The van der Waals surface area contributed by atoms with Gasteiger partial charge >= 0.3 is 0 Å². The molecule has 6 heteroatoms. The van der Waals surface area contributed by atoms with E-state index in [1.807, 2.05) is 54.6 Å². The second kappa shape index (κ2) is 7.72. The number of hydrogen-bond acceptors (Lipinski definition) is 3. The fraction of sp³-hybridized carbons (Fsp3) is 0.450. The van der Waals surface area contributed by atoms with Crippen LogP contribution < -0.4 is 5.32 Å². The summed E-state index contributed by atoms with van der Waals surface area (Å²) in [7, 11) is 1.95. The lowest BCUT2D eigenvalue weighted by Gasteiger charge is -2.27. The first-order chi connectivity index (χ1) is 12.5. The number of amides is 2. The van der Waals surface area contributed by atoms with Gasteiger partial charge in [-0.1, -0.05) is 36.8 Å². The molecule has 0 atom stereocenters. The Labute approximate surface area is 154 Å². The average Bonchev–Trinajstić information content (AvgIpc) is 2.97. The van der Waals surface area contributed by atoms with Gasteiger partial charge in [-0.3, -0.25) is 9.59 Å². The summed E-state index contributed by atoms with van der Waals surface area (Å²) >= 11 is 0. The van der Waals surface area contributed by atoms with Crippen molar-refractivity contribution in [2.75, 3.05) is 6.54 Å². The molecule has 6 nitrogen and oxygen atoms in total. The third kappa shape index (κ3) is 3.95. The molecule has 0 unspecified atom stereocenters. The minimum absolute atomic E-state index is 0.0147. The number of nitrogens with zero attached hydrogens (tertiary/aromatic N) is 3. The highest BCUT2D eigenvalue weighted by Crippen LogP contribution is 2.20. The molecular weight excluding hydrogens is 328 g/mol. The number of benzene rings is 1. The molecule has 0 spiro atoms. The van der Waals surface area contributed by atoms with Crippen molar-refractivity contribution in [3.63, 3.8) is 0 Å². The van der Waals surface area contributed by atoms with Gasteiger partial charge in [-0.2, -0.15) is 0 Å². The van der Waals surface area contributed by atoms with E-state index < -0.39 is 0 Å². The second-order valence-corrected chi connectivity index (χ2v) is 6.84. The minimum Gasteiger partial charge on any atom is -0.349 e. The number of carbonyl (C=O) groups is 2. The second-order valence-electron chi connectivity index (χ2n) is 6.84. The van der Waals surface area contributed by atoms with Crippen LogP contribution in [-0.4, -0.2) is 32.8 Å². The number of carbonyl (C=O) groups excluding carboxylic acids is 2. The van der Waals surface area contributed by atoms with Gasteiger partial charge in [0.1, 0.15) is 5.82 Å². The molecule has 138 valence electrons. The molecule has 0 bridgehead atoms. The number of rotatable bonds is 5. The zero-order valence-electron chi connectivity index (χ0n) is 15.7. The first-order valence-electron chi connectivity index (χ1n) is 9.11. The Morgan fingerprint density at radius 1 is 1.23 bits per heavy atom. The van der Waals surface area contributed by atoms with Crippen LogP contribution in [0.15, 0.2) is 24.3 Å². The van der Waals surface area contributed by atoms with Crippen molar-refractivity contribution in [3.05, 3.63) is 52.6 Å². The summed E-state index contributed by atoms with van der Waals surface area (Å²) in [4.78, 5) is 30.7. The summed E-state index contributed by atoms with van der Waals surface area (Å²) in [5, 5.41) is 2.87. The van der Waals surface area contributed by atoms with Gasteiger partial charge in [-0.15, -0.1) is 0 Å². The van der Waals surface area contributed by atoms with Gasteiger partial charge in [0.05, 0.1) is 30.9 Å². The molecule has 2 aromatic rings. The van der Waals surface area contributed by atoms with Crippen LogP contribution in [0, 0.1) is 6.92 Å². The number of fused-ring (bicyclic) bond motifs is 1. The smallest absolute Gasteiger partial charge is 0.227 e. The zero-order valence-corrected chi connectivity index (χ0v) is 15.7. The van der Waals surface area contributed by atoms with E-state index in [4.69, 9.17) is 0 Å². The lowest BCUT2D eigenvalue weighted by atomic mass is 10.1. The van der Waals surface area contributed by atoms with E-state index in [-0.39, 0.29) is 11.8 Å². The Morgan fingerprint density at radius 2 is 1.96 bits per heavy atom. The molecular formula is C20H26N4O2. The highest BCUT2D eigenvalue weighted by molar-refractivity contribution is 5.79. The Kier molecular flexibility index (Phi) is 5.40. The Bertz CT molecular complexity index is 808. The van der Waals surface area contributed by atoms with E-state index >= 15 is 0 Å². The first kappa shape index (κ1) is 18.2. The number of hydrogen-bond donors (Lipinski definition) is 1. The molecule has 0 saturated heterocycles. The van der Waals surface area contributed by atoms with Gasteiger partial charge in [0.25, 0.3) is 0 Å². The third-order valence-corrected chi connectivity index (χ3v) is 4.94. The van der Waals surface area contributed by atoms with Crippen LogP contribution in [0.25, 0.3) is 0 Å². The van der Waals surface area contributed by atoms with Gasteiger partial charge in [-0.05, 0) is 12.5 Å². The van der Waals surface area contributed by atoms with Gasteiger partial charge < -0.3 is 14.8 Å². The summed E-state index contributed by atoms with van der Waals surface area (Å²) < 4.78 is 2.01. The fourth-order valence-corrected chi connectivity index (χ4v) is 3.21. The molecule has 2 heterocycles. The number of aryl methyl sites for hydroxylation is 1. The van der Waals surface area contributed by atoms with E-state index in [0.717, 1.165) is 29.2 Å². The largest absolute Gasteiger partial charge is 0.349 e. The molecule has 1 aromatic heterocycles. The lowest BCUT2D eigenvalue weighted by Crippen LogP contribution is -2.37. The third-order valence-electron chi connectivity index (χ3n) is 4.94. The van der Waals surface area contributed by atoms with Crippen LogP contribution in [0.3, 0.4) is 0 Å². The summed E-state index contributed by atoms with van der Waals surface area (Å²) in [6, 6.07) is 8.10. The van der Waals surface area contributed by atoms with Crippen LogP contribution >= 0.6 is 0 Å². The molecule has 2 amide bonds. The summed E-state index contributed by atoms with van der Waals surface area (Å²) in [6.45, 7) is 5.56. The molecule has 1 N–H and O–H groups in total. The van der Waals surface area contributed by atoms with Crippen molar-refractivity contribution in [3.8, 4) is 0 Å². The first-order valence-corrected chi connectivity index (χ1v) is 9.11. The standard InChI is InChI=1S/C20H26N4O2/c1-4-19(25)21-12-18-22-16-9-10-24(13-17(16)23(18)3)20(26)11-15-7-5-14(2)6-8-15/h5-8H,4,9-13H2,1-3H3,(H,21,25). The normalized spacial score (nSPS) is 13.4. The van der Waals surface area contributed by atoms with E-state index in [9.17, 15) is 9.59 Å². The predicted molar refractivity (Wildman–Crippen MR) is 99.3 cm³/mol. The molecule has 0 aliphatic carbocycles. The number of aromatic nitrogens is 2. The Hall–Kier alpha value is -2.63. The van der Waals surface area contributed by atoms with Gasteiger partial charge in [-0.25, -0.2) is 4.98 Å². The van der Waals surface area contributed by atoms with Crippen molar-refractivity contribution in [1.82, 2.24) is 19.8 Å². The van der Waals surface area contributed by atoms with Gasteiger partial charge in [0, 0.05) is 26.4 Å². The van der Waals surface area contributed by atoms with Gasteiger partial charge in [0.2, 0.25) is 11.8 Å². The molecule has 3 rings (SSSR count). The van der Waals surface area contributed by atoms with Crippen molar-refractivity contribution < 1.29 is 9.59 Å². The maximum atomic E-state index is 12.7. The molecule has 1 aliphatic rings. The minimum atomic E-state index is 0.0147. The van der Waals surface area contributed by atoms with Crippen molar-refractivity contribution >= 4 is 11.8 Å². The van der Waals surface area contributed by atoms with E-state index in [2.05, 4.69) is 10.3 Å². The average molecular weight is 354 g/mol. The maximum Gasteiger partial charge on any atom is 0.227 e. The fourth-order valence-electron chi connectivity index (χ4n) is 3.21. The maximum absolute atomic E-state index is 12.7. The van der Waals surface area contributed by atoms with E-state index in [0.29, 0.717) is 32.5 Å². The highest BCUT2D eigenvalue weighted by atomic mass is 16.2. The van der Waals surface area contributed by atoms with Crippen molar-refractivity contribution in [1.29, 1.82) is 0 Å². The monoisotopic (exact) mass is 354 g/mol. The van der Waals surface area contributed by atoms with E-state index in [1.165, 1.54) is 5.56 Å². The summed E-state index contributed by atoms with van der Waals surface area (Å²) in [6.07, 6.45) is 1.64. The molecule has 0 saturated carbocycles. The molecule has 0 fully saturated rings. The van der Waals surface area contributed by atoms with Crippen LogP contribution in [0.5, 0.6) is 0 Å². The quantitative estimate of drug-likeness (QED) is 0.891. The molecule has 26 heavy (non-hydrogen) atoms. The summed E-state index contributed by atoms with van der Waals surface area (Å²) in [5.74, 6) is 0.993. The van der Waals surface area contributed by atoms with Crippen LogP contribution in [0.4, 0.5) is 0 Å². The predicted octanol–water partition coefficient (Wildman–Crippen LogP) is 1.88. The molecule has 1 aromatic carbocycles. The molecule has 0 radical (unpaired) electrons. The SMILES string of the molecule is CCC(=O)NCc1nc2c(n1C)CN(C(=O)Cc1ccc(C)cc1)CC2. The van der Waals surface area contributed by atoms with Gasteiger partial charge in [0.15, 0.2) is 0 Å². The van der Waals surface area contributed by atoms with E-state index in [1.54, 1.807) is 0 Å². The number of nitrogens with one attached hydrogen (secondary N) is 1. The Balaban J connectivity index is 1.66. The van der Waals surface area contributed by atoms with Crippen molar-refractivity contribution in [2.45, 2.75) is 46.2 Å². The highest BCUT2D eigenvalue weighted by Gasteiger charge is 2.25. The van der Waals surface area contributed by atoms with Crippen LogP contribution in [-0.2, 0) is 42.6 Å². The zero-order chi connectivity index (χ0) is 18.7. The number of imidazole rings is 1. The Morgan fingerprint density at radius 3 is 2.65 bits per heavy atom. The topological polar surface area (TPSA) is 67.2 Å². The van der Waals surface area contributed by atoms with Crippen LogP contribution in [0.1, 0.15) is 41.7 Å². The molecule has 1 aliphatic heterocycles. The lowest BCUT2D eigenvalue weighted by molar-refractivity contribution is -0.131. The van der Waals surface area contributed by atoms with Crippen LogP contribution in [0.2, 0.25) is 0 Å².